The molecule has 1 aromatic rings. The second-order valence-electron chi connectivity index (χ2n) is 4.66. The molecule has 0 aliphatic heterocycles. The monoisotopic (exact) mass is 464 g/mol. The number of carbonyl (C=O) groups excluding carboxylic acids is 1. The number of carbonyl (C=O) groups is 1. The van der Waals surface area contributed by atoms with Crippen molar-refractivity contribution in [2.24, 2.45) is 0 Å². The summed E-state index contributed by atoms with van der Waals surface area (Å²) in [6, 6.07) is 0. The van der Waals surface area contributed by atoms with E-state index in [1.165, 1.54) is 0 Å². The van der Waals surface area contributed by atoms with Gasteiger partial charge in [0.05, 0.1) is 0 Å². The molecule has 0 unspecified atom stereocenters. The zero-order chi connectivity index (χ0) is 21.7. The maximum atomic E-state index is 13.4. The van der Waals surface area contributed by atoms with Gasteiger partial charge in [-0.2, -0.15) is 57.1 Å². The summed E-state index contributed by atoms with van der Waals surface area (Å²) in [4.78, 5) is 14.1. The van der Waals surface area contributed by atoms with Gasteiger partial charge in [0, 0.05) is 11.6 Å². The van der Waals surface area contributed by atoms with Crippen LogP contribution in [0.15, 0.2) is 11.6 Å². The molecular weight excluding hydrogens is 459 g/mol. The summed E-state index contributed by atoms with van der Waals surface area (Å²) in [5.41, 5.74) is 0. The summed E-state index contributed by atoms with van der Waals surface area (Å²) >= 11 is 0.273. The van der Waals surface area contributed by atoms with Gasteiger partial charge in [-0.3, -0.25) is 10.1 Å². The Balaban J connectivity index is 0.00000729. The number of hydrogen-bond donors (Lipinski definition) is 1. The minimum absolute atomic E-state index is 0. The van der Waals surface area contributed by atoms with Crippen molar-refractivity contribution in [2.45, 2.75) is 35.8 Å². The van der Waals surface area contributed by atoms with Gasteiger partial charge in [0.1, 0.15) is 0 Å². The van der Waals surface area contributed by atoms with Crippen LogP contribution < -0.4 is 5.32 Å². The lowest BCUT2D eigenvalue weighted by Crippen LogP contribution is -2.71. The molecule has 0 spiro atoms. The number of nitrogens with one attached hydrogen (secondary N) is 1. The van der Waals surface area contributed by atoms with Crippen LogP contribution in [-0.4, -0.2) is 52.2 Å². The lowest BCUT2D eigenvalue weighted by Gasteiger charge is -2.39. The van der Waals surface area contributed by atoms with Crippen molar-refractivity contribution in [3.63, 3.8) is 0 Å². The van der Waals surface area contributed by atoms with E-state index in [0.717, 1.165) is 16.9 Å². The molecule has 1 rings (SSSR count). The first kappa shape index (κ1) is 26.1. The van der Waals surface area contributed by atoms with Crippen molar-refractivity contribution in [1.82, 2.24) is 4.98 Å². The van der Waals surface area contributed by atoms with Gasteiger partial charge >= 0.3 is 41.7 Å². The first-order valence-electron chi connectivity index (χ1n) is 5.92. The Labute approximate surface area is 148 Å². The van der Waals surface area contributed by atoms with Crippen molar-refractivity contribution in [3.05, 3.63) is 11.6 Å². The molecule has 0 saturated carbocycles. The van der Waals surface area contributed by atoms with Crippen LogP contribution in [0.4, 0.5) is 62.2 Å². The molecule has 18 heteroatoms. The molecule has 0 atom stereocenters. The van der Waals surface area contributed by atoms with Crippen LogP contribution in [0.3, 0.4) is 0 Å². The van der Waals surface area contributed by atoms with Gasteiger partial charge in [-0.05, 0) is 0 Å². The summed E-state index contributed by atoms with van der Waals surface area (Å²) in [5.74, 6) is -41.8. The molecule has 1 heterocycles. The Bertz CT molecular complexity index is 686. The lowest BCUT2D eigenvalue weighted by molar-refractivity contribution is -0.435. The SMILES string of the molecule is O.O=C(Nc1nccs1)C(F)(F)C(F)(F)C(F)(F)C(F)(F)C(F)(F)C(F)(F)F. The molecule has 0 aliphatic rings. The maximum Gasteiger partial charge on any atom is 0.460 e. The van der Waals surface area contributed by atoms with Crippen LogP contribution in [0, 0.1) is 0 Å². The second-order valence-corrected chi connectivity index (χ2v) is 5.56. The summed E-state index contributed by atoms with van der Waals surface area (Å²) in [6.45, 7) is 0. The molecule has 4 nitrogen and oxygen atoms in total. The quantitative estimate of drug-likeness (QED) is 0.647. The van der Waals surface area contributed by atoms with Crippen molar-refractivity contribution >= 4 is 22.4 Å². The van der Waals surface area contributed by atoms with Crippen LogP contribution >= 0.6 is 11.3 Å². The Morgan fingerprint density at radius 1 is 0.786 bits per heavy atom. The summed E-state index contributed by atoms with van der Waals surface area (Å²) < 4.78 is 166. The number of nitrogens with zero attached hydrogens (tertiary/aromatic N) is 1. The van der Waals surface area contributed by atoms with Gasteiger partial charge < -0.3 is 5.48 Å². The van der Waals surface area contributed by atoms with Gasteiger partial charge in [0.2, 0.25) is 0 Å². The van der Waals surface area contributed by atoms with E-state index in [2.05, 4.69) is 4.98 Å². The topological polar surface area (TPSA) is 73.5 Å². The van der Waals surface area contributed by atoms with E-state index in [4.69, 9.17) is 0 Å². The van der Waals surface area contributed by atoms with E-state index in [1.54, 1.807) is 0 Å². The lowest BCUT2D eigenvalue weighted by atomic mass is 9.93. The molecule has 3 N–H and O–H groups in total. The van der Waals surface area contributed by atoms with Gasteiger partial charge in [-0.1, -0.05) is 0 Å². The third kappa shape index (κ3) is 3.58. The Morgan fingerprint density at radius 3 is 1.57 bits per heavy atom. The number of rotatable bonds is 6. The summed E-state index contributed by atoms with van der Waals surface area (Å²) in [6.07, 6.45) is -6.71. The zero-order valence-electron chi connectivity index (χ0n) is 12.3. The summed E-state index contributed by atoms with van der Waals surface area (Å²) in [7, 11) is 0. The number of alkyl halides is 13. The van der Waals surface area contributed by atoms with Gasteiger partial charge in [-0.15, -0.1) is 11.3 Å². The highest BCUT2D eigenvalue weighted by molar-refractivity contribution is 7.13. The van der Waals surface area contributed by atoms with Gasteiger partial charge in [0.25, 0.3) is 0 Å². The Kier molecular flexibility index (Phi) is 6.72. The van der Waals surface area contributed by atoms with E-state index in [0.29, 0.717) is 0 Å². The van der Waals surface area contributed by atoms with Crippen LogP contribution in [0.5, 0.6) is 0 Å². The number of amides is 1. The molecule has 0 fully saturated rings. The molecule has 0 bridgehead atoms. The van der Waals surface area contributed by atoms with Crippen molar-refractivity contribution in [2.75, 3.05) is 5.32 Å². The first-order chi connectivity index (χ1) is 11.7. The Hall–Kier alpha value is -1.85. The fourth-order valence-electron chi connectivity index (χ4n) is 1.37. The van der Waals surface area contributed by atoms with Gasteiger partial charge in [-0.25, -0.2) is 4.98 Å². The molecule has 1 amide bonds. The minimum atomic E-state index is -8.05. The molecule has 0 aromatic carbocycles. The van der Waals surface area contributed by atoms with E-state index >= 15 is 0 Å². The average molecular weight is 464 g/mol. The normalized spacial score (nSPS) is 14.5. The van der Waals surface area contributed by atoms with Crippen molar-refractivity contribution in [1.29, 1.82) is 0 Å². The number of thiazole rings is 1. The smallest absolute Gasteiger partial charge is 0.412 e. The summed E-state index contributed by atoms with van der Waals surface area (Å²) in [5, 5.41) is 0.857. The third-order valence-corrected chi connectivity index (χ3v) is 3.56. The van der Waals surface area contributed by atoms with Crippen molar-refractivity contribution < 1.29 is 67.3 Å². The zero-order valence-corrected chi connectivity index (χ0v) is 13.1. The standard InChI is InChI=1S/C10H3F13N2OS.H2O/c11-5(12,3(26)25-4-24-1-2-27-4)6(13,14)7(15,16)8(17,18)9(19,20)10(21,22)23;/h1-2H,(H,24,25,26);1H2. The number of aromatic nitrogens is 1. The number of hydrogen-bond acceptors (Lipinski definition) is 3. The molecule has 0 saturated heterocycles. The second kappa shape index (κ2) is 7.20. The van der Waals surface area contributed by atoms with Crippen LogP contribution in [0.1, 0.15) is 0 Å². The molecule has 1 aromatic heterocycles. The number of anilines is 1. The average Bonchev–Trinajstić information content (AvgIpc) is 2.97. The first-order valence-corrected chi connectivity index (χ1v) is 6.80. The van der Waals surface area contributed by atoms with Crippen molar-refractivity contribution in [3.8, 4) is 0 Å². The van der Waals surface area contributed by atoms with Crippen LogP contribution in [0.25, 0.3) is 0 Å². The highest BCUT2D eigenvalue weighted by Crippen LogP contribution is 2.60. The molecular formula is C10H5F13N2O2S. The van der Waals surface area contributed by atoms with E-state index in [-0.39, 0.29) is 16.8 Å². The minimum Gasteiger partial charge on any atom is -0.412 e. The molecule has 0 aliphatic carbocycles. The molecule has 164 valence electrons. The number of halogens is 13. The third-order valence-electron chi connectivity index (χ3n) is 2.87. The highest BCUT2D eigenvalue weighted by Gasteiger charge is 2.91. The van der Waals surface area contributed by atoms with E-state index in [1.807, 2.05) is 0 Å². The van der Waals surface area contributed by atoms with E-state index in [9.17, 15) is 61.9 Å². The van der Waals surface area contributed by atoms with Crippen LogP contribution in [0.2, 0.25) is 0 Å². The highest BCUT2D eigenvalue weighted by atomic mass is 32.1. The predicted octanol–water partition coefficient (Wildman–Crippen LogP) is 4.00. The Morgan fingerprint density at radius 2 is 1.21 bits per heavy atom. The molecule has 0 radical (unpaired) electrons. The fourth-order valence-corrected chi connectivity index (χ4v) is 1.90. The van der Waals surface area contributed by atoms with Gasteiger partial charge in [0.15, 0.2) is 5.13 Å². The molecule has 28 heavy (non-hydrogen) atoms. The van der Waals surface area contributed by atoms with Crippen LogP contribution in [-0.2, 0) is 4.79 Å². The van der Waals surface area contributed by atoms with E-state index < -0.39 is 46.8 Å². The predicted molar refractivity (Wildman–Crippen MR) is 65.1 cm³/mol. The maximum absolute atomic E-state index is 13.4. The fraction of sp³-hybridized carbons (Fsp3) is 0.600. The largest absolute Gasteiger partial charge is 0.460 e.